The van der Waals surface area contributed by atoms with E-state index in [4.69, 9.17) is 0 Å². The number of nitrogens with zero attached hydrogens (tertiary/aromatic N) is 1. The van der Waals surface area contributed by atoms with E-state index in [1.54, 1.807) is 23.5 Å². The zero-order valence-corrected chi connectivity index (χ0v) is 13.3. The number of carbonyl (C=O) groups excluding carboxylic acids is 1. The van der Waals surface area contributed by atoms with E-state index >= 15 is 0 Å². The molecule has 0 heterocycles. The van der Waals surface area contributed by atoms with Crippen molar-refractivity contribution in [2.45, 2.75) is 31.1 Å². The first-order valence-corrected chi connectivity index (χ1v) is 8.75. The van der Waals surface area contributed by atoms with Crippen molar-refractivity contribution >= 4 is 15.9 Å². The quantitative estimate of drug-likeness (QED) is 0.836. The normalized spacial score (nSPS) is 15.2. The minimum absolute atomic E-state index is 0.220. The topological polar surface area (TPSA) is 66.5 Å². The number of benzene rings is 1. The third-order valence-corrected chi connectivity index (χ3v) is 5.49. The molecule has 116 valence electrons. The van der Waals surface area contributed by atoms with Crippen LogP contribution in [0.4, 0.5) is 0 Å². The van der Waals surface area contributed by atoms with E-state index in [2.05, 4.69) is 5.32 Å². The van der Waals surface area contributed by atoms with E-state index in [1.807, 2.05) is 6.92 Å². The van der Waals surface area contributed by atoms with E-state index in [0.717, 1.165) is 19.3 Å². The van der Waals surface area contributed by atoms with Gasteiger partial charge in [-0.2, -0.15) is 4.31 Å². The fraction of sp³-hybridized carbons (Fsp3) is 0.533. The molecule has 1 aliphatic rings. The van der Waals surface area contributed by atoms with E-state index in [9.17, 15) is 13.2 Å². The van der Waals surface area contributed by atoms with Crippen LogP contribution in [0.2, 0.25) is 0 Å². The molecule has 1 aromatic carbocycles. The number of carbonyl (C=O) groups is 1. The van der Waals surface area contributed by atoms with Gasteiger partial charge in [0.2, 0.25) is 10.0 Å². The summed E-state index contributed by atoms with van der Waals surface area (Å²) < 4.78 is 26.9. The second-order valence-corrected chi connectivity index (χ2v) is 7.35. The van der Waals surface area contributed by atoms with Crippen LogP contribution in [0.15, 0.2) is 29.2 Å². The minimum Gasteiger partial charge on any atom is -0.355 e. The molecule has 0 bridgehead atoms. The molecule has 6 heteroatoms. The highest BCUT2D eigenvalue weighted by atomic mass is 32.2. The number of nitrogens with one attached hydrogen (secondary N) is 1. The van der Waals surface area contributed by atoms with Crippen molar-refractivity contribution in [2.24, 2.45) is 5.92 Å². The van der Waals surface area contributed by atoms with Crippen LogP contribution in [0.25, 0.3) is 0 Å². The van der Waals surface area contributed by atoms with Crippen molar-refractivity contribution in [2.75, 3.05) is 20.1 Å². The second-order valence-electron chi connectivity index (χ2n) is 5.41. The van der Waals surface area contributed by atoms with Gasteiger partial charge in [0.1, 0.15) is 0 Å². The fourth-order valence-corrected chi connectivity index (χ4v) is 3.83. The molecule has 0 spiro atoms. The SMILES string of the molecule is CCCN(CC1CC1)S(=O)(=O)c1ccc(C(=O)NC)cc1. The number of rotatable bonds is 7. The summed E-state index contributed by atoms with van der Waals surface area (Å²) in [7, 11) is -1.92. The second kappa shape index (κ2) is 6.58. The first-order chi connectivity index (χ1) is 9.98. The Balaban J connectivity index is 2.21. The van der Waals surface area contributed by atoms with Crippen LogP contribution in [-0.4, -0.2) is 38.8 Å². The van der Waals surface area contributed by atoms with Gasteiger partial charge in [-0.15, -0.1) is 0 Å². The molecule has 1 aliphatic carbocycles. The van der Waals surface area contributed by atoms with Gasteiger partial charge in [-0.1, -0.05) is 6.92 Å². The van der Waals surface area contributed by atoms with Gasteiger partial charge in [-0.3, -0.25) is 4.79 Å². The lowest BCUT2D eigenvalue weighted by Gasteiger charge is -2.21. The molecule has 0 atom stereocenters. The van der Waals surface area contributed by atoms with Crippen LogP contribution >= 0.6 is 0 Å². The van der Waals surface area contributed by atoms with E-state index in [-0.39, 0.29) is 10.8 Å². The first kappa shape index (κ1) is 16.0. The lowest BCUT2D eigenvalue weighted by atomic mass is 10.2. The molecule has 0 saturated heterocycles. The maximum Gasteiger partial charge on any atom is 0.251 e. The molecule has 21 heavy (non-hydrogen) atoms. The summed E-state index contributed by atoms with van der Waals surface area (Å²) in [4.78, 5) is 11.7. The molecule has 0 unspecified atom stereocenters. The number of sulfonamides is 1. The van der Waals surface area contributed by atoms with Crippen molar-refractivity contribution in [1.29, 1.82) is 0 Å². The van der Waals surface area contributed by atoms with E-state index < -0.39 is 10.0 Å². The van der Waals surface area contributed by atoms with Gasteiger partial charge in [-0.25, -0.2) is 8.42 Å². The number of hydrogen-bond acceptors (Lipinski definition) is 3. The van der Waals surface area contributed by atoms with Crippen LogP contribution in [0, 0.1) is 5.92 Å². The summed E-state index contributed by atoms with van der Waals surface area (Å²) in [5.74, 6) is 0.291. The van der Waals surface area contributed by atoms with Crippen molar-refractivity contribution in [1.82, 2.24) is 9.62 Å². The Hall–Kier alpha value is -1.40. The summed E-state index contributed by atoms with van der Waals surface area (Å²) >= 11 is 0. The third kappa shape index (κ3) is 3.83. The highest BCUT2D eigenvalue weighted by Crippen LogP contribution is 2.31. The average molecular weight is 310 g/mol. The molecule has 0 aromatic heterocycles. The molecule has 1 N–H and O–H groups in total. The average Bonchev–Trinajstić information content (AvgIpc) is 3.30. The predicted octanol–water partition coefficient (Wildman–Crippen LogP) is 1.86. The summed E-state index contributed by atoms with van der Waals surface area (Å²) in [6.07, 6.45) is 3.03. The van der Waals surface area contributed by atoms with Crippen LogP contribution in [0.5, 0.6) is 0 Å². The highest BCUT2D eigenvalue weighted by Gasteiger charge is 2.31. The Morgan fingerprint density at radius 3 is 2.38 bits per heavy atom. The van der Waals surface area contributed by atoms with Crippen molar-refractivity contribution < 1.29 is 13.2 Å². The van der Waals surface area contributed by atoms with E-state index in [1.165, 1.54) is 12.1 Å². The highest BCUT2D eigenvalue weighted by molar-refractivity contribution is 7.89. The van der Waals surface area contributed by atoms with Gasteiger partial charge in [0.15, 0.2) is 0 Å². The standard InChI is InChI=1S/C15H22N2O3S/c1-3-10-17(11-12-4-5-12)21(19,20)14-8-6-13(7-9-14)15(18)16-2/h6-9,12H,3-5,10-11H2,1-2H3,(H,16,18). The zero-order chi connectivity index (χ0) is 15.5. The maximum absolute atomic E-state index is 12.7. The summed E-state index contributed by atoms with van der Waals surface area (Å²) in [6.45, 7) is 3.12. The molecule has 1 saturated carbocycles. The summed E-state index contributed by atoms with van der Waals surface area (Å²) in [6, 6.07) is 6.12. The Bertz CT molecular complexity index is 592. The lowest BCUT2D eigenvalue weighted by Crippen LogP contribution is -2.33. The Morgan fingerprint density at radius 1 is 1.29 bits per heavy atom. The van der Waals surface area contributed by atoms with Crippen molar-refractivity contribution in [3.05, 3.63) is 29.8 Å². The van der Waals surface area contributed by atoms with Crippen molar-refractivity contribution in [3.63, 3.8) is 0 Å². The predicted molar refractivity (Wildman–Crippen MR) is 81.6 cm³/mol. The maximum atomic E-state index is 12.7. The Morgan fingerprint density at radius 2 is 1.90 bits per heavy atom. The molecule has 1 amide bonds. The molecule has 2 rings (SSSR count). The monoisotopic (exact) mass is 310 g/mol. The molecular formula is C15H22N2O3S. The Labute approximate surface area is 126 Å². The number of hydrogen-bond donors (Lipinski definition) is 1. The summed E-state index contributed by atoms with van der Waals surface area (Å²) in [5, 5.41) is 2.52. The molecule has 1 aromatic rings. The van der Waals surface area contributed by atoms with Gasteiger partial charge < -0.3 is 5.32 Å². The largest absolute Gasteiger partial charge is 0.355 e. The molecule has 1 fully saturated rings. The molecule has 0 aliphatic heterocycles. The van der Waals surface area contributed by atoms with E-state index in [0.29, 0.717) is 24.6 Å². The van der Waals surface area contributed by atoms with Crippen LogP contribution in [0.1, 0.15) is 36.5 Å². The van der Waals surface area contributed by atoms with Gasteiger partial charge in [0.05, 0.1) is 4.90 Å². The van der Waals surface area contributed by atoms with Crippen LogP contribution in [-0.2, 0) is 10.0 Å². The zero-order valence-electron chi connectivity index (χ0n) is 12.5. The third-order valence-electron chi connectivity index (χ3n) is 3.61. The lowest BCUT2D eigenvalue weighted by molar-refractivity contribution is 0.0963. The molecule has 0 radical (unpaired) electrons. The first-order valence-electron chi connectivity index (χ1n) is 7.31. The van der Waals surface area contributed by atoms with Gasteiger partial charge in [0.25, 0.3) is 5.91 Å². The molecule has 5 nitrogen and oxygen atoms in total. The minimum atomic E-state index is -3.47. The summed E-state index contributed by atoms with van der Waals surface area (Å²) in [5.41, 5.74) is 0.459. The van der Waals surface area contributed by atoms with Gasteiger partial charge >= 0.3 is 0 Å². The van der Waals surface area contributed by atoms with Crippen LogP contribution in [0.3, 0.4) is 0 Å². The van der Waals surface area contributed by atoms with Gasteiger partial charge in [-0.05, 0) is 49.4 Å². The Kier molecular flexibility index (Phi) is 5.00. The van der Waals surface area contributed by atoms with Crippen molar-refractivity contribution in [3.8, 4) is 0 Å². The molecular weight excluding hydrogens is 288 g/mol. The van der Waals surface area contributed by atoms with Gasteiger partial charge in [0, 0.05) is 25.7 Å². The smallest absolute Gasteiger partial charge is 0.251 e. The number of amides is 1. The fourth-order valence-electron chi connectivity index (χ4n) is 2.22. The van der Waals surface area contributed by atoms with Crippen LogP contribution < -0.4 is 5.32 Å².